The van der Waals surface area contributed by atoms with Crippen LogP contribution in [0.5, 0.6) is 0 Å². The molecule has 1 aromatic rings. The molecule has 0 spiro atoms. The van der Waals surface area contributed by atoms with Gasteiger partial charge in [0.25, 0.3) is 0 Å². The average Bonchev–Trinajstić information content (AvgIpc) is 2.94. The summed E-state index contributed by atoms with van der Waals surface area (Å²) >= 11 is 1.45. The predicted octanol–water partition coefficient (Wildman–Crippen LogP) is 5.44. The number of carbonyl (C=O) groups is 1. The number of hydrogen-bond acceptors (Lipinski definition) is 5. The van der Waals surface area contributed by atoms with Gasteiger partial charge in [-0.1, -0.05) is 74.9 Å². The molecule has 2 N–H and O–H groups in total. The van der Waals surface area contributed by atoms with Crippen molar-refractivity contribution < 1.29 is 9.53 Å². The van der Waals surface area contributed by atoms with Gasteiger partial charge in [0.05, 0.1) is 6.61 Å². The number of nitrogens with one attached hydrogen (secondary N) is 2. The second kappa shape index (κ2) is 16.9. The van der Waals surface area contributed by atoms with Crippen LogP contribution in [-0.4, -0.2) is 32.2 Å². The van der Waals surface area contributed by atoms with E-state index in [1.54, 1.807) is 0 Å². The number of benzene rings is 1. The fourth-order valence-electron chi connectivity index (χ4n) is 2.55. The number of ether oxygens (including phenoxy) is 1. The van der Waals surface area contributed by atoms with E-state index in [1.807, 2.05) is 6.92 Å². The topological polar surface area (TPSA) is 50.4 Å². The van der Waals surface area contributed by atoms with E-state index in [1.165, 1.54) is 23.1 Å². The van der Waals surface area contributed by atoms with Gasteiger partial charge in [-0.2, -0.15) is 0 Å². The molecule has 30 heavy (non-hydrogen) atoms. The number of aryl methyl sites for hydroxylation is 1. The summed E-state index contributed by atoms with van der Waals surface area (Å²) < 4.78 is 7.93. The first-order valence-corrected chi connectivity index (χ1v) is 11.7. The molecule has 0 fully saturated rings. The summed E-state index contributed by atoms with van der Waals surface area (Å²) in [6.45, 7) is 10.9. The van der Waals surface area contributed by atoms with E-state index in [2.05, 4.69) is 85.4 Å². The van der Waals surface area contributed by atoms with E-state index in [9.17, 15) is 4.79 Å². The van der Waals surface area contributed by atoms with E-state index in [-0.39, 0.29) is 12.5 Å². The smallest absolute Gasteiger partial charge is 0.320 e. The summed E-state index contributed by atoms with van der Waals surface area (Å²) in [7, 11) is 0. The van der Waals surface area contributed by atoms with Crippen LogP contribution in [0.2, 0.25) is 0 Å². The van der Waals surface area contributed by atoms with Crippen molar-refractivity contribution >= 4 is 17.9 Å². The Morgan fingerprint density at radius 3 is 2.60 bits per heavy atom. The van der Waals surface area contributed by atoms with Gasteiger partial charge in [0, 0.05) is 11.4 Å². The van der Waals surface area contributed by atoms with E-state index in [0.29, 0.717) is 6.61 Å². The van der Waals surface area contributed by atoms with Crippen molar-refractivity contribution in [2.45, 2.75) is 47.0 Å². The van der Waals surface area contributed by atoms with Crippen molar-refractivity contribution in [2.24, 2.45) is 5.92 Å². The number of esters is 1. The fourth-order valence-corrected chi connectivity index (χ4v) is 3.21. The number of allylic oxidation sites excluding steroid dienone is 4. The Morgan fingerprint density at radius 1 is 1.17 bits per heavy atom. The highest BCUT2D eigenvalue weighted by Gasteiger charge is 2.03. The standard InChI is InChI=1S/C21H28N2O2S.C4H10/c1-2-25-21(24)17-23-26-20-12-6-10-19(13-14-20)16-22-15-7-11-18-8-4-3-5-9-18;1-4(2)3/h3-6,8-9,12-14,22-23H,2,7,10-11,15-17H2,1H3;4H,1-3H3. The maximum atomic E-state index is 11.3. The van der Waals surface area contributed by atoms with Crippen LogP contribution in [-0.2, 0) is 16.0 Å². The summed E-state index contributed by atoms with van der Waals surface area (Å²) in [4.78, 5) is 12.4. The number of hydrogen-bond donors (Lipinski definition) is 2. The van der Waals surface area contributed by atoms with Crippen molar-refractivity contribution in [1.29, 1.82) is 0 Å². The minimum absolute atomic E-state index is 0.212. The van der Waals surface area contributed by atoms with Crippen LogP contribution in [0, 0.1) is 5.92 Å². The van der Waals surface area contributed by atoms with Crippen molar-refractivity contribution in [1.82, 2.24) is 10.0 Å². The molecule has 0 saturated heterocycles. The molecular weight excluding hydrogens is 392 g/mol. The molecule has 0 saturated carbocycles. The zero-order valence-electron chi connectivity index (χ0n) is 18.9. The van der Waals surface area contributed by atoms with Gasteiger partial charge in [-0.25, -0.2) is 4.72 Å². The van der Waals surface area contributed by atoms with Crippen LogP contribution in [0.15, 0.2) is 65.1 Å². The zero-order valence-corrected chi connectivity index (χ0v) is 19.8. The first-order valence-electron chi connectivity index (χ1n) is 10.9. The van der Waals surface area contributed by atoms with Gasteiger partial charge in [-0.3, -0.25) is 4.79 Å². The maximum absolute atomic E-state index is 11.3. The first kappa shape index (κ1) is 26.2. The molecular formula is C25H38N2O2S. The first-order chi connectivity index (χ1) is 14.5. The van der Waals surface area contributed by atoms with Crippen molar-refractivity contribution in [2.75, 3.05) is 26.2 Å². The largest absolute Gasteiger partial charge is 0.465 e. The Kier molecular flexibility index (Phi) is 14.8. The Labute approximate surface area is 187 Å². The van der Waals surface area contributed by atoms with Gasteiger partial charge >= 0.3 is 5.97 Å². The van der Waals surface area contributed by atoms with Crippen LogP contribution in [0.3, 0.4) is 0 Å². The minimum Gasteiger partial charge on any atom is -0.465 e. The predicted molar refractivity (Wildman–Crippen MR) is 130 cm³/mol. The molecule has 1 aliphatic rings. The lowest BCUT2D eigenvalue weighted by molar-refractivity contribution is -0.141. The Hall–Kier alpha value is -1.82. The lowest BCUT2D eigenvalue weighted by Gasteiger charge is -2.06. The van der Waals surface area contributed by atoms with Crippen molar-refractivity contribution in [3.05, 3.63) is 70.7 Å². The third-order valence-corrected chi connectivity index (χ3v) is 4.67. The van der Waals surface area contributed by atoms with E-state index < -0.39 is 0 Å². The molecule has 0 unspecified atom stereocenters. The molecule has 1 aromatic carbocycles. The molecule has 0 radical (unpaired) electrons. The quantitative estimate of drug-likeness (QED) is 0.278. The second-order valence-electron chi connectivity index (χ2n) is 7.73. The van der Waals surface area contributed by atoms with Gasteiger partial charge in [-0.15, -0.1) is 0 Å². The van der Waals surface area contributed by atoms with Crippen LogP contribution in [0.4, 0.5) is 0 Å². The third-order valence-electron chi connectivity index (χ3n) is 3.87. The van der Waals surface area contributed by atoms with Gasteiger partial charge in [0.2, 0.25) is 0 Å². The normalized spacial score (nSPS) is 13.1. The summed E-state index contributed by atoms with van der Waals surface area (Å²) in [6, 6.07) is 10.6. The third kappa shape index (κ3) is 14.2. The molecule has 5 heteroatoms. The average molecular weight is 431 g/mol. The van der Waals surface area contributed by atoms with Crippen LogP contribution in [0.25, 0.3) is 0 Å². The van der Waals surface area contributed by atoms with Crippen molar-refractivity contribution in [3.63, 3.8) is 0 Å². The number of rotatable bonds is 11. The molecule has 0 amide bonds. The Bertz CT molecular complexity index is 679. The highest BCUT2D eigenvalue weighted by molar-refractivity contribution is 8.01. The molecule has 0 atom stereocenters. The molecule has 166 valence electrons. The summed E-state index contributed by atoms with van der Waals surface area (Å²) in [5, 5.41) is 3.53. The molecule has 1 aliphatic carbocycles. The number of carbonyl (C=O) groups excluding carboxylic acids is 1. The highest BCUT2D eigenvalue weighted by atomic mass is 32.2. The molecule has 0 bridgehead atoms. The SMILES string of the molecule is CC(C)C.CCOC(=O)CNSC1=CC=C(CNCCCc2ccccc2)CC=C1. The fraction of sp³-hybridized carbons (Fsp3) is 0.480. The molecule has 0 aromatic heterocycles. The monoisotopic (exact) mass is 430 g/mol. The molecule has 0 aliphatic heterocycles. The Balaban J connectivity index is 0.00000103. The maximum Gasteiger partial charge on any atom is 0.320 e. The van der Waals surface area contributed by atoms with Gasteiger partial charge in [0.15, 0.2) is 0 Å². The summed E-state index contributed by atoms with van der Waals surface area (Å²) in [5.41, 5.74) is 2.76. The van der Waals surface area contributed by atoms with Crippen LogP contribution in [0.1, 0.15) is 46.1 Å². The van der Waals surface area contributed by atoms with E-state index in [0.717, 1.165) is 43.2 Å². The van der Waals surface area contributed by atoms with Crippen LogP contribution < -0.4 is 10.0 Å². The second-order valence-corrected chi connectivity index (χ2v) is 8.69. The van der Waals surface area contributed by atoms with Crippen molar-refractivity contribution in [3.8, 4) is 0 Å². The zero-order chi connectivity index (χ0) is 22.0. The van der Waals surface area contributed by atoms with E-state index in [4.69, 9.17) is 4.74 Å². The summed E-state index contributed by atoms with van der Waals surface area (Å²) in [5.74, 6) is 0.606. The van der Waals surface area contributed by atoms with Gasteiger partial charge in [-0.05, 0) is 62.2 Å². The minimum atomic E-state index is -0.228. The van der Waals surface area contributed by atoms with Gasteiger partial charge < -0.3 is 10.1 Å². The molecule has 0 heterocycles. The highest BCUT2D eigenvalue weighted by Crippen LogP contribution is 2.18. The molecule has 2 rings (SSSR count). The molecule has 4 nitrogen and oxygen atoms in total. The lowest BCUT2D eigenvalue weighted by atomic mass is 10.1. The van der Waals surface area contributed by atoms with E-state index >= 15 is 0 Å². The summed E-state index contributed by atoms with van der Waals surface area (Å²) in [6.07, 6.45) is 11.7. The van der Waals surface area contributed by atoms with Gasteiger partial charge in [0.1, 0.15) is 6.54 Å². The van der Waals surface area contributed by atoms with Crippen LogP contribution >= 0.6 is 11.9 Å². The lowest BCUT2D eigenvalue weighted by Crippen LogP contribution is -2.19. The Morgan fingerprint density at radius 2 is 1.90 bits per heavy atom.